The Labute approximate surface area is 89.0 Å². The van der Waals surface area contributed by atoms with E-state index in [0.29, 0.717) is 17.7 Å². The van der Waals surface area contributed by atoms with Crippen molar-refractivity contribution in [1.29, 1.82) is 0 Å². The topological polar surface area (TPSA) is 46.5 Å². The van der Waals surface area contributed by atoms with Crippen molar-refractivity contribution in [3.63, 3.8) is 0 Å². The van der Waals surface area contributed by atoms with Crippen LogP contribution in [-0.4, -0.2) is 18.2 Å². The molecule has 1 N–H and O–H groups in total. The van der Waals surface area contributed by atoms with Gasteiger partial charge in [-0.2, -0.15) is 0 Å². The fourth-order valence-corrected chi connectivity index (χ4v) is 1.38. The van der Waals surface area contributed by atoms with E-state index in [9.17, 15) is 4.79 Å². The van der Waals surface area contributed by atoms with Gasteiger partial charge in [-0.05, 0) is 12.5 Å². The molecule has 1 aromatic rings. The second kappa shape index (κ2) is 5.20. The lowest BCUT2D eigenvalue weighted by Crippen LogP contribution is -2.01. The molecule has 3 heteroatoms. The minimum atomic E-state index is -0.929. The number of carboxylic acid groups (broad SMARTS) is 1. The Bertz CT molecular complexity index is 380. The first-order valence-corrected chi connectivity index (χ1v) is 4.77. The number of carbonyl (C=O) groups is 1. The zero-order chi connectivity index (χ0) is 11.3. The number of hydrogen-bond donors (Lipinski definition) is 1. The highest BCUT2D eigenvalue weighted by Gasteiger charge is 2.13. The van der Waals surface area contributed by atoms with Crippen LogP contribution in [0.25, 0.3) is 5.57 Å². The largest absolute Gasteiger partial charge is 0.496 e. The number of para-hydroxylation sites is 1. The summed E-state index contributed by atoms with van der Waals surface area (Å²) in [5.74, 6) is -0.346. The summed E-state index contributed by atoms with van der Waals surface area (Å²) < 4.78 is 5.12. The Balaban J connectivity index is 3.22. The third kappa shape index (κ3) is 2.59. The zero-order valence-electron chi connectivity index (χ0n) is 8.86. The van der Waals surface area contributed by atoms with Crippen molar-refractivity contribution in [3.8, 4) is 5.75 Å². The third-order valence-corrected chi connectivity index (χ3v) is 2.04. The first kappa shape index (κ1) is 11.3. The fourth-order valence-electron chi connectivity index (χ4n) is 1.38. The number of methoxy groups -OCH3 is 1. The summed E-state index contributed by atoms with van der Waals surface area (Å²) in [7, 11) is 1.53. The van der Waals surface area contributed by atoms with E-state index in [1.807, 2.05) is 13.0 Å². The van der Waals surface area contributed by atoms with Gasteiger partial charge in [0.25, 0.3) is 0 Å². The molecule has 1 aromatic carbocycles. The monoisotopic (exact) mass is 206 g/mol. The molecule has 3 nitrogen and oxygen atoms in total. The summed E-state index contributed by atoms with van der Waals surface area (Å²) >= 11 is 0. The van der Waals surface area contributed by atoms with Gasteiger partial charge in [0, 0.05) is 5.56 Å². The molecule has 0 radical (unpaired) electrons. The van der Waals surface area contributed by atoms with Crippen molar-refractivity contribution in [2.45, 2.75) is 13.3 Å². The van der Waals surface area contributed by atoms with Gasteiger partial charge in [0.1, 0.15) is 5.75 Å². The third-order valence-electron chi connectivity index (χ3n) is 2.04. The first-order chi connectivity index (χ1) is 7.20. The van der Waals surface area contributed by atoms with E-state index in [1.165, 1.54) is 7.11 Å². The van der Waals surface area contributed by atoms with Crippen LogP contribution in [0.4, 0.5) is 0 Å². The van der Waals surface area contributed by atoms with E-state index in [-0.39, 0.29) is 5.57 Å². The molecule has 0 aliphatic heterocycles. The maximum Gasteiger partial charge on any atom is 0.336 e. The number of benzene rings is 1. The average molecular weight is 206 g/mol. The van der Waals surface area contributed by atoms with Crippen molar-refractivity contribution in [3.05, 3.63) is 35.9 Å². The molecule has 0 heterocycles. The van der Waals surface area contributed by atoms with Crippen LogP contribution in [0.1, 0.15) is 18.9 Å². The van der Waals surface area contributed by atoms with Crippen LogP contribution in [0.5, 0.6) is 5.75 Å². The van der Waals surface area contributed by atoms with Gasteiger partial charge in [-0.1, -0.05) is 31.2 Å². The second-order valence-electron chi connectivity index (χ2n) is 3.03. The Kier molecular flexibility index (Phi) is 3.92. The van der Waals surface area contributed by atoms with Gasteiger partial charge >= 0.3 is 5.97 Å². The molecule has 0 aliphatic carbocycles. The first-order valence-electron chi connectivity index (χ1n) is 4.77. The lowest BCUT2D eigenvalue weighted by atomic mass is 10.0. The number of aliphatic carboxylic acids is 1. The summed E-state index contributed by atoms with van der Waals surface area (Å²) in [5.41, 5.74) is 0.907. The van der Waals surface area contributed by atoms with Gasteiger partial charge in [0.05, 0.1) is 12.7 Å². The van der Waals surface area contributed by atoms with Crippen LogP contribution < -0.4 is 4.74 Å². The van der Waals surface area contributed by atoms with Crippen LogP contribution in [0.3, 0.4) is 0 Å². The number of rotatable bonds is 4. The highest BCUT2D eigenvalue weighted by molar-refractivity contribution is 6.16. The second-order valence-corrected chi connectivity index (χ2v) is 3.03. The van der Waals surface area contributed by atoms with E-state index < -0.39 is 5.97 Å². The molecule has 0 saturated heterocycles. The molecule has 0 amide bonds. The van der Waals surface area contributed by atoms with E-state index in [1.54, 1.807) is 24.3 Å². The SMILES string of the molecule is CCC=C(C(=O)O)c1ccccc1OC. The summed E-state index contributed by atoms with van der Waals surface area (Å²) in [5, 5.41) is 9.05. The lowest BCUT2D eigenvalue weighted by Gasteiger charge is -2.08. The number of carboxylic acids is 1. The van der Waals surface area contributed by atoms with Gasteiger partial charge in [0.2, 0.25) is 0 Å². The van der Waals surface area contributed by atoms with Gasteiger partial charge in [-0.3, -0.25) is 0 Å². The van der Waals surface area contributed by atoms with E-state index in [0.717, 1.165) is 0 Å². The average Bonchev–Trinajstić information content (AvgIpc) is 2.25. The fraction of sp³-hybridized carbons (Fsp3) is 0.250. The van der Waals surface area contributed by atoms with Crippen molar-refractivity contribution in [1.82, 2.24) is 0 Å². The Morgan fingerprint density at radius 2 is 2.13 bits per heavy atom. The molecule has 0 atom stereocenters. The molecule has 1 rings (SSSR count). The van der Waals surface area contributed by atoms with Crippen LogP contribution in [0, 0.1) is 0 Å². The predicted molar refractivity (Wildman–Crippen MR) is 58.9 cm³/mol. The highest BCUT2D eigenvalue weighted by Crippen LogP contribution is 2.26. The molecule has 0 bridgehead atoms. The summed E-state index contributed by atoms with van der Waals surface area (Å²) in [6.45, 7) is 1.90. The molecule has 0 fully saturated rings. The van der Waals surface area contributed by atoms with Gasteiger partial charge in [-0.15, -0.1) is 0 Å². The van der Waals surface area contributed by atoms with Crippen molar-refractivity contribution < 1.29 is 14.6 Å². The van der Waals surface area contributed by atoms with Crippen LogP contribution >= 0.6 is 0 Å². The van der Waals surface area contributed by atoms with Crippen molar-refractivity contribution in [2.24, 2.45) is 0 Å². The van der Waals surface area contributed by atoms with Crippen LogP contribution in [-0.2, 0) is 4.79 Å². The predicted octanol–water partition coefficient (Wildman–Crippen LogP) is 2.57. The Morgan fingerprint density at radius 1 is 1.47 bits per heavy atom. The minimum absolute atomic E-state index is 0.287. The van der Waals surface area contributed by atoms with Gasteiger partial charge in [-0.25, -0.2) is 4.79 Å². The van der Waals surface area contributed by atoms with Gasteiger partial charge < -0.3 is 9.84 Å². The number of ether oxygens (including phenoxy) is 1. The minimum Gasteiger partial charge on any atom is -0.496 e. The normalized spacial score (nSPS) is 11.2. The molecular formula is C12H14O3. The van der Waals surface area contributed by atoms with Gasteiger partial charge in [0.15, 0.2) is 0 Å². The molecule has 15 heavy (non-hydrogen) atoms. The van der Waals surface area contributed by atoms with E-state index >= 15 is 0 Å². The van der Waals surface area contributed by atoms with E-state index in [4.69, 9.17) is 9.84 Å². The van der Waals surface area contributed by atoms with Crippen molar-refractivity contribution >= 4 is 11.5 Å². The Morgan fingerprint density at radius 3 is 2.67 bits per heavy atom. The number of allylic oxidation sites excluding steroid dienone is 1. The maximum absolute atomic E-state index is 11.0. The standard InChI is InChI=1S/C12H14O3/c1-3-6-10(12(13)14)9-7-4-5-8-11(9)15-2/h4-8H,3H2,1-2H3,(H,13,14). The quantitative estimate of drug-likeness (QED) is 0.770. The summed E-state index contributed by atoms with van der Waals surface area (Å²) in [4.78, 5) is 11.0. The van der Waals surface area contributed by atoms with E-state index in [2.05, 4.69) is 0 Å². The molecule has 0 saturated carbocycles. The highest BCUT2D eigenvalue weighted by atomic mass is 16.5. The smallest absolute Gasteiger partial charge is 0.336 e. The molecular weight excluding hydrogens is 192 g/mol. The molecule has 0 aromatic heterocycles. The lowest BCUT2D eigenvalue weighted by molar-refractivity contribution is -0.130. The Hall–Kier alpha value is -1.77. The molecule has 0 unspecified atom stereocenters. The van der Waals surface area contributed by atoms with Crippen molar-refractivity contribution in [2.75, 3.05) is 7.11 Å². The molecule has 0 aliphatic rings. The zero-order valence-corrected chi connectivity index (χ0v) is 8.86. The van der Waals surface area contributed by atoms with Crippen LogP contribution in [0.15, 0.2) is 30.3 Å². The summed E-state index contributed by atoms with van der Waals surface area (Å²) in [6, 6.07) is 7.11. The maximum atomic E-state index is 11.0. The number of hydrogen-bond acceptors (Lipinski definition) is 2. The molecule has 80 valence electrons. The van der Waals surface area contributed by atoms with Crippen LogP contribution in [0.2, 0.25) is 0 Å². The summed E-state index contributed by atoms with van der Waals surface area (Å²) in [6.07, 6.45) is 2.36. The molecule has 0 spiro atoms.